The van der Waals surface area contributed by atoms with E-state index in [1.54, 1.807) is 0 Å². The van der Waals surface area contributed by atoms with Crippen molar-refractivity contribution < 1.29 is 14.9 Å². The van der Waals surface area contributed by atoms with Crippen molar-refractivity contribution in [1.29, 1.82) is 0 Å². The molecule has 3 atom stereocenters. The monoisotopic (exact) mass is 228 g/mol. The highest BCUT2D eigenvalue weighted by Gasteiger charge is 2.35. The van der Waals surface area contributed by atoms with Crippen molar-refractivity contribution in [3.05, 3.63) is 33.1 Å². The minimum atomic E-state index is -0.874. The van der Waals surface area contributed by atoms with E-state index in [0.717, 1.165) is 4.57 Å². The summed E-state index contributed by atoms with van der Waals surface area (Å²) >= 11 is 0. The number of hydrogen-bond donors (Lipinski definition) is 3. The number of nitrogens with one attached hydrogen (secondary N) is 1. The Hall–Kier alpha value is -1.44. The number of rotatable bonds is 2. The van der Waals surface area contributed by atoms with Crippen LogP contribution in [0.3, 0.4) is 0 Å². The van der Waals surface area contributed by atoms with Crippen LogP contribution in [0.4, 0.5) is 0 Å². The van der Waals surface area contributed by atoms with Gasteiger partial charge in [0.1, 0.15) is 12.3 Å². The topological polar surface area (TPSA) is 105 Å². The van der Waals surface area contributed by atoms with Crippen LogP contribution in [0.15, 0.2) is 21.9 Å². The molecule has 0 amide bonds. The van der Waals surface area contributed by atoms with Gasteiger partial charge in [-0.3, -0.25) is 4.79 Å². The van der Waals surface area contributed by atoms with Crippen molar-refractivity contribution in [1.82, 2.24) is 9.55 Å². The fourth-order valence-corrected chi connectivity index (χ4v) is 1.74. The normalized spacial score (nSPS) is 29.5. The van der Waals surface area contributed by atoms with Gasteiger partial charge in [0.2, 0.25) is 0 Å². The summed E-state index contributed by atoms with van der Waals surface area (Å²) in [6.07, 6.45) is -1.10. The van der Waals surface area contributed by atoms with Gasteiger partial charge in [-0.1, -0.05) is 0 Å². The van der Waals surface area contributed by atoms with Gasteiger partial charge >= 0.3 is 5.69 Å². The summed E-state index contributed by atoms with van der Waals surface area (Å²) in [5.74, 6) is 0. The van der Waals surface area contributed by atoms with E-state index < -0.39 is 29.7 Å². The van der Waals surface area contributed by atoms with E-state index in [9.17, 15) is 14.7 Å². The van der Waals surface area contributed by atoms with Crippen molar-refractivity contribution in [2.75, 3.05) is 6.61 Å². The lowest BCUT2D eigenvalue weighted by Gasteiger charge is -2.12. The molecule has 88 valence electrons. The van der Waals surface area contributed by atoms with Crippen LogP contribution in [0.2, 0.25) is 0 Å². The average Bonchev–Trinajstić information content (AvgIpc) is 2.59. The van der Waals surface area contributed by atoms with Crippen LogP contribution >= 0.6 is 0 Å². The van der Waals surface area contributed by atoms with Gasteiger partial charge in [-0.05, 0) is 0 Å². The molecule has 1 aromatic heterocycles. The molecule has 0 bridgehead atoms. The summed E-state index contributed by atoms with van der Waals surface area (Å²) in [4.78, 5) is 25.2. The highest BCUT2D eigenvalue weighted by atomic mass is 16.5. The van der Waals surface area contributed by atoms with Crippen molar-refractivity contribution in [3.8, 4) is 0 Å². The molecule has 1 aliphatic rings. The highest BCUT2D eigenvalue weighted by Crippen LogP contribution is 2.26. The van der Waals surface area contributed by atoms with Crippen molar-refractivity contribution in [2.24, 2.45) is 0 Å². The smallest absolute Gasteiger partial charge is 0.330 e. The number of aliphatic hydroxyl groups is 2. The maximum Gasteiger partial charge on any atom is 0.330 e. The molecular weight excluding hydrogens is 216 g/mol. The molecule has 0 aromatic carbocycles. The minimum absolute atomic E-state index is 0.109. The Morgan fingerprint density at radius 1 is 1.56 bits per heavy atom. The summed E-state index contributed by atoms with van der Waals surface area (Å²) in [6, 6.07) is 1.20. The Balaban J connectivity index is 2.34. The van der Waals surface area contributed by atoms with Gasteiger partial charge in [0.15, 0.2) is 0 Å². The predicted octanol–water partition coefficient (Wildman–Crippen LogP) is -1.82. The lowest BCUT2D eigenvalue weighted by atomic mass is 10.2. The van der Waals surface area contributed by atoms with Crippen molar-refractivity contribution >= 4 is 0 Å². The number of hydrogen-bond acceptors (Lipinski definition) is 5. The van der Waals surface area contributed by atoms with Gasteiger partial charge in [-0.15, -0.1) is 0 Å². The fraction of sp³-hybridized carbons (Fsp3) is 0.556. The van der Waals surface area contributed by atoms with Gasteiger partial charge < -0.3 is 19.9 Å². The van der Waals surface area contributed by atoms with E-state index >= 15 is 0 Å². The zero-order valence-corrected chi connectivity index (χ0v) is 8.37. The van der Waals surface area contributed by atoms with E-state index in [-0.39, 0.29) is 13.0 Å². The van der Waals surface area contributed by atoms with E-state index in [1.807, 2.05) is 0 Å². The van der Waals surface area contributed by atoms with Gasteiger partial charge in [0.05, 0.1) is 12.7 Å². The van der Waals surface area contributed by atoms with Crippen LogP contribution in [-0.4, -0.2) is 38.6 Å². The maximum atomic E-state index is 11.4. The number of aromatic nitrogens is 2. The molecule has 1 aromatic rings. The molecule has 1 saturated heterocycles. The molecule has 7 heteroatoms. The Morgan fingerprint density at radius 3 is 2.88 bits per heavy atom. The molecule has 1 fully saturated rings. The zero-order chi connectivity index (χ0) is 11.7. The third kappa shape index (κ3) is 1.80. The first-order valence-corrected chi connectivity index (χ1v) is 4.88. The maximum absolute atomic E-state index is 11.4. The Kier molecular flexibility index (Phi) is 2.90. The first kappa shape index (κ1) is 11.1. The van der Waals surface area contributed by atoms with Crippen LogP contribution in [-0.2, 0) is 4.74 Å². The molecule has 16 heavy (non-hydrogen) atoms. The summed E-state index contributed by atoms with van der Waals surface area (Å²) in [6.45, 7) is -0.350. The zero-order valence-electron chi connectivity index (χ0n) is 8.37. The first-order chi connectivity index (χ1) is 7.63. The van der Waals surface area contributed by atoms with Crippen molar-refractivity contribution in [2.45, 2.75) is 24.9 Å². The summed E-state index contributed by atoms with van der Waals surface area (Å²) in [5, 5.41) is 18.4. The second kappa shape index (κ2) is 4.20. The number of aliphatic hydroxyl groups excluding tert-OH is 2. The largest absolute Gasteiger partial charge is 0.394 e. The Bertz CT molecular complexity index is 451. The standard InChI is InChI=1S/C9H12N2O5/c12-4-6-5(13)3-8(16-6)11-7(14)1-2-10-9(11)15/h1-2,5-6,8,12-13H,3-4H2,(H,10,15)/t5-,6-,8-/m1/s1. The SMILES string of the molecule is O=c1cc[nH]c(=O)n1[C@H]1C[C@@H](O)[C@@H](CO)O1. The van der Waals surface area contributed by atoms with E-state index in [1.165, 1.54) is 12.3 Å². The molecular formula is C9H12N2O5. The number of aromatic amines is 1. The van der Waals surface area contributed by atoms with E-state index in [0.29, 0.717) is 0 Å². The molecule has 2 heterocycles. The van der Waals surface area contributed by atoms with Crippen LogP contribution in [0.1, 0.15) is 12.6 Å². The van der Waals surface area contributed by atoms with E-state index in [2.05, 4.69) is 4.98 Å². The third-order valence-electron chi connectivity index (χ3n) is 2.56. The molecule has 2 rings (SSSR count). The molecule has 0 unspecified atom stereocenters. The summed E-state index contributed by atoms with van der Waals surface area (Å²) in [7, 11) is 0. The van der Waals surface area contributed by atoms with Gasteiger partial charge in [-0.2, -0.15) is 0 Å². The highest BCUT2D eigenvalue weighted by molar-refractivity contribution is 4.88. The Labute approximate surface area is 89.9 Å². The number of nitrogens with zero attached hydrogens (tertiary/aromatic N) is 1. The average molecular weight is 228 g/mol. The lowest BCUT2D eigenvalue weighted by molar-refractivity contribution is -0.0469. The molecule has 0 saturated carbocycles. The van der Waals surface area contributed by atoms with E-state index in [4.69, 9.17) is 9.84 Å². The Morgan fingerprint density at radius 2 is 2.31 bits per heavy atom. The van der Waals surface area contributed by atoms with Crippen LogP contribution in [0.25, 0.3) is 0 Å². The second-order valence-corrected chi connectivity index (χ2v) is 3.61. The number of ether oxygens (including phenoxy) is 1. The van der Waals surface area contributed by atoms with Gasteiger partial charge in [0.25, 0.3) is 5.56 Å². The third-order valence-corrected chi connectivity index (χ3v) is 2.56. The predicted molar refractivity (Wildman–Crippen MR) is 52.9 cm³/mol. The molecule has 1 aliphatic heterocycles. The van der Waals surface area contributed by atoms with Crippen LogP contribution in [0.5, 0.6) is 0 Å². The van der Waals surface area contributed by atoms with Gasteiger partial charge in [-0.25, -0.2) is 9.36 Å². The minimum Gasteiger partial charge on any atom is -0.394 e. The number of H-pyrrole nitrogens is 1. The van der Waals surface area contributed by atoms with Gasteiger partial charge in [0, 0.05) is 18.7 Å². The second-order valence-electron chi connectivity index (χ2n) is 3.61. The van der Waals surface area contributed by atoms with Crippen LogP contribution < -0.4 is 11.2 Å². The molecule has 0 radical (unpaired) electrons. The fourth-order valence-electron chi connectivity index (χ4n) is 1.74. The molecule has 7 nitrogen and oxygen atoms in total. The van der Waals surface area contributed by atoms with Crippen molar-refractivity contribution in [3.63, 3.8) is 0 Å². The molecule has 3 N–H and O–H groups in total. The summed E-state index contributed by atoms with van der Waals surface area (Å²) < 4.78 is 6.10. The first-order valence-electron chi connectivity index (χ1n) is 4.88. The molecule has 0 aliphatic carbocycles. The van der Waals surface area contributed by atoms with Crippen LogP contribution in [0, 0.1) is 0 Å². The quantitative estimate of drug-likeness (QED) is 0.552. The molecule has 0 spiro atoms. The lowest BCUT2D eigenvalue weighted by Crippen LogP contribution is -2.37. The summed E-state index contributed by atoms with van der Waals surface area (Å²) in [5.41, 5.74) is -1.09.